The lowest BCUT2D eigenvalue weighted by Crippen LogP contribution is -2.23. The number of aromatic nitrogens is 1. The van der Waals surface area contributed by atoms with Gasteiger partial charge in [-0.1, -0.05) is 11.2 Å². The van der Waals surface area contributed by atoms with Crippen molar-refractivity contribution in [2.75, 3.05) is 0 Å². The third-order valence-electron chi connectivity index (χ3n) is 3.74. The van der Waals surface area contributed by atoms with Crippen molar-refractivity contribution < 1.29 is 12.9 Å². The second kappa shape index (κ2) is 5.25. The van der Waals surface area contributed by atoms with Crippen LogP contribution in [-0.2, 0) is 29.7 Å². The number of aryl methyl sites for hydroxylation is 2. The van der Waals surface area contributed by atoms with E-state index >= 15 is 0 Å². The standard InChI is InChI=1S/C14H17N3O3S/c1-9-14(10(2)20-17-9)8-16-21(18,19)13-4-3-11-6-15-7-12(11)5-13/h3-5,15-16H,6-8H2,1-2H3. The van der Waals surface area contributed by atoms with Gasteiger partial charge in [0.1, 0.15) is 5.76 Å². The quantitative estimate of drug-likeness (QED) is 0.891. The first-order chi connectivity index (χ1) is 9.97. The first-order valence-electron chi connectivity index (χ1n) is 6.71. The number of nitrogens with zero attached hydrogens (tertiary/aromatic N) is 1. The second-order valence-corrected chi connectivity index (χ2v) is 6.93. The van der Waals surface area contributed by atoms with E-state index < -0.39 is 10.0 Å². The van der Waals surface area contributed by atoms with E-state index in [4.69, 9.17) is 4.52 Å². The molecule has 0 fully saturated rings. The minimum absolute atomic E-state index is 0.179. The summed E-state index contributed by atoms with van der Waals surface area (Å²) >= 11 is 0. The van der Waals surface area contributed by atoms with Gasteiger partial charge >= 0.3 is 0 Å². The van der Waals surface area contributed by atoms with Gasteiger partial charge in [0.05, 0.1) is 10.6 Å². The van der Waals surface area contributed by atoms with Crippen LogP contribution in [0.15, 0.2) is 27.6 Å². The molecule has 1 aromatic carbocycles. The number of nitrogens with one attached hydrogen (secondary N) is 2. The molecule has 2 heterocycles. The molecule has 0 saturated carbocycles. The summed E-state index contributed by atoms with van der Waals surface area (Å²) in [4.78, 5) is 0.289. The molecule has 0 bridgehead atoms. The minimum atomic E-state index is -3.54. The zero-order chi connectivity index (χ0) is 15.0. The summed E-state index contributed by atoms with van der Waals surface area (Å²) in [5.41, 5.74) is 3.67. The smallest absolute Gasteiger partial charge is 0.240 e. The van der Waals surface area contributed by atoms with E-state index in [9.17, 15) is 8.42 Å². The summed E-state index contributed by atoms with van der Waals surface area (Å²) in [7, 11) is -3.54. The summed E-state index contributed by atoms with van der Waals surface area (Å²) in [6.45, 7) is 5.25. The molecule has 21 heavy (non-hydrogen) atoms. The zero-order valence-corrected chi connectivity index (χ0v) is 12.8. The van der Waals surface area contributed by atoms with Crippen molar-refractivity contribution in [3.8, 4) is 0 Å². The van der Waals surface area contributed by atoms with E-state index in [2.05, 4.69) is 15.2 Å². The maximum Gasteiger partial charge on any atom is 0.240 e. The maximum absolute atomic E-state index is 12.4. The summed E-state index contributed by atoms with van der Waals surface area (Å²) in [5, 5.41) is 7.02. The zero-order valence-electron chi connectivity index (χ0n) is 11.9. The molecule has 0 saturated heterocycles. The fraction of sp³-hybridized carbons (Fsp3) is 0.357. The summed E-state index contributed by atoms with van der Waals surface area (Å²) in [6.07, 6.45) is 0. The molecule has 1 aliphatic rings. The molecule has 2 N–H and O–H groups in total. The van der Waals surface area contributed by atoms with E-state index in [0.29, 0.717) is 18.0 Å². The predicted octanol–water partition coefficient (Wildman–Crippen LogP) is 1.37. The van der Waals surface area contributed by atoms with E-state index in [-0.39, 0.29) is 11.4 Å². The van der Waals surface area contributed by atoms with Crippen LogP contribution in [-0.4, -0.2) is 13.6 Å². The van der Waals surface area contributed by atoms with Gasteiger partial charge in [-0.15, -0.1) is 0 Å². The van der Waals surface area contributed by atoms with E-state index in [1.807, 2.05) is 6.07 Å². The average molecular weight is 307 g/mol. The molecule has 0 amide bonds. The van der Waals surface area contributed by atoms with Crippen LogP contribution < -0.4 is 10.0 Å². The predicted molar refractivity (Wildman–Crippen MR) is 77.0 cm³/mol. The van der Waals surface area contributed by atoms with Gasteiger partial charge in [0, 0.05) is 25.2 Å². The van der Waals surface area contributed by atoms with E-state index in [1.54, 1.807) is 26.0 Å². The average Bonchev–Trinajstić information content (AvgIpc) is 3.03. The molecule has 6 nitrogen and oxygen atoms in total. The fourth-order valence-corrected chi connectivity index (χ4v) is 3.49. The lowest BCUT2D eigenvalue weighted by atomic mass is 10.1. The third-order valence-corrected chi connectivity index (χ3v) is 5.14. The molecule has 1 aliphatic heterocycles. The SMILES string of the molecule is Cc1noc(C)c1CNS(=O)(=O)c1ccc2c(c1)CNC2. The molecule has 0 spiro atoms. The van der Waals surface area contributed by atoms with Gasteiger partial charge in [-0.3, -0.25) is 0 Å². The number of fused-ring (bicyclic) bond motifs is 1. The van der Waals surface area contributed by atoms with Crippen LogP contribution in [0.2, 0.25) is 0 Å². The van der Waals surface area contributed by atoms with Crippen LogP contribution in [0.1, 0.15) is 28.1 Å². The Morgan fingerprint density at radius 1 is 1.29 bits per heavy atom. The highest BCUT2D eigenvalue weighted by molar-refractivity contribution is 7.89. The number of sulfonamides is 1. The first kappa shape index (κ1) is 14.2. The Kier molecular flexibility index (Phi) is 3.56. The monoisotopic (exact) mass is 307 g/mol. The van der Waals surface area contributed by atoms with Crippen LogP contribution in [0.3, 0.4) is 0 Å². The molecular weight excluding hydrogens is 290 g/mol. The van der Waals surface area contributed by atoms with Crippen molar-refractivity contribution in [2.45, 2.75) is 38.4 Å². The molecule has 0 aliphatic carbocycles. The number of hydrogen-bond donors (Lipinski definition) is 2. The molecule has 3 rings (SSSR count). The van der Waals surface area contributed by atoms with Gasteiger partial charge in [0.15, 0.2) is 0 Å². The van der Waals surface area contributed by atoms with Gasteiger partial charge in [-0.05, 0) is 37.1 Å². The van der Waals surface area contributed by atoms with Crippen molar-refractivity contribution in [3.05, 3.63) is 46.3 Å². The Balaban J connectivity index is 1.81. The first-order valence-corrected chi connectivity index (χ1v) is 8.19. The number of rotatable bonds is 4. The number of benzene rings is 1. The Hall–Kier alpha value is -1.70. The molecule has 0 radical (unpaired) electrons. The van der Waals surface area contributed by atoms with Crippen LogP contribution >= 0.6 is 0 Å². The van der Waals surface area contributed by atoms with Gasteiger partial charge in [-0.2, -0.15) is 0 Å². The largest absolute Gasteiger partial charge is 0.361 e. The minimum Gasteiger partial charge on any atom is -0.361 e. The fourth-order valence-electron chi connectivity index (χ4n) is 2.44. The van der Waals surface area contributed by atoms with Crippen LogP contribution in [0.4, 0.5) is 0 Å². The Morgan fingerprint density at radius 3 is 2.76 bits per heavy atom. The normalized spacial score (nSPS) is 14.4. The topological polar surface area (TPSA) is 84.2 Å². The second-order valence-electron chi connectivity index (χ2n) is 5.16. The van der Waals surface area contributed by atoms with Crippen molar-refractivity contribution in [3.63, 3.8) is 0 Å². The summed E-state index contributed by atoms with van der Waals surface area (Å²) in [5.74, 6) is 0.633. The molecule has 0 unspecified atom stereocenters. The highest BCUT2D eigenvalue weighted by Crippen LogP contribution is 2.20. The Bertz CT molecular complexity index is 761. The van der Waals surface area contributed by atoms with Gasteiger partial charge < -0.3 is 9.84 Å². The van der Waals surface area contributed by atoms with Crippen molar-refractivity contribution in [2.24, 2.45) is 0 Å². The molecule has 112 valence electrons. The van der Waals surface area contributed by atoms with Crippen LogP contribution in [0.5, 0.6) is 0 Å². The van der Waals surface area contributed by atoms with E-state index in [1.165, 1.54) is 0 Å². The van der Waals surface area contributed by atoms with Crippen molar-refractivity contribution in [1.29, 1.82) is 0 Å². The Morgan fingerprint density at radius 2 is 2.05 bits per heavy atom. The van der Waals surface area contributed by atoms with Crippen LogP contribution in [0.25, 0.3) is 0 Å². The molecule has 1 aromatic heterocycles. The summed E-state index contributed by atoms with van der Waals surface area (Å²) in [6, 6.07) is 5.23. The van der Waals surface area contributed by atoms with Gasteiger partial charge in [-0.25, -0.2) is 13.1 Å². The molecule has 7 heteroatoms. The van der Waals surface area contributed by atoms with Gasteiger partial charge in [0.2, 0.25) is 10.0 Å². The van der Waals surface area contributed by atoms with E-state index in [0.717, 1.165) is 23.2 Å². The Labute approximate surface area is 123 Å². The summed E-state index contributed by atoms with van der Waals surface area (Å²) < 4.78 is 32.4. The molecular formula is C14H17N3O3S. The van der Waals surface area contributed by atoms with Crippen LogP contribution in [0, 0.1) is 13.8 Å². The van der Waals surface area contributed by atoms with Gasteiger partial charge in [0.25, 0.3) is 0 Å². The molecule has 2 aromatic rings. The lowest BCUT2D eigenvalue weighted by molar-refractivity contribution is 0.392. The van der Waals surface area contributed by atoms with Crippen molar-refractivity contribution >= 4 is 10.0 Å². The number of hydrogen-bond acceptors (Lipinski definition) is 5. The van der Waals surface area contributed by atoms with Crippen molar-refractivity contribution in [1.82, 2.24) is 15.2 Å². The highest BCUT2D eigenvalue weighted by atomic mass is 32.2. The molecule has 0 atom stereocenters. The third kappa shape index (κ3) is 2.72. The lowest BCUT2D eigenvalue weighted by Gasteiger charge is -2.08. The highest BCUT2D eigenvalue weighted by Gasteiger charge is 2.19. The maximum atomic E-state index is 12.4.